The Morgan fingerprint density at radius 1 is 1.17 bits per heavy atom. The van der Waals surface area contributed by atoms with E-state index >= 15 is 0 Å². The van der Waals surface area contributed by atoms with E-state index in [-0.39, 0.29) is 5.56 Å². The van der Waals surface area contributed by atoms with Gasteiger partial charge in [0.1, 0.15) is 11.6 Å². The highest BCUT2D eigenvalue weighted by Crippen LogP contribution is 2.24. The van der Waals surface area contributed by atoms with Crippen LogP contribution in [0.2, 0.25) is 0 Å². The van der Waals surface area contributed by atoms with E-state index in [4.69, 9.17) is 0 Å². The molecule has 0 heterocycles. The topological polar surface area (TPSA) is 0 Å². The van der Waals surface area contributed by atoms with Crippen LogP contribution in [0.5, 0.6) is 0 Å². The Morgan fingerprint density at radius 2 is 1.75 bits per heavy atom. The number of halogens is 4. The Labute approximate surface area is 66.8 Å². The van der Waals surface area contributed by atoms with E-state index in [9.17, 15) is 17.6 Å². The summed E-state index contributed by atoms with van der Waals surface area (Å²) in [6.45, 7) is 1.12. The van der Waals surface area contributed by atoms with E-state index in [0.717, 1.165) is 19.1 Å². The molecular weight excluding hydrogens is 172 g/mol. The molecule has 4 heteroatoms. The highest BCUT2D eigenvalue weighted by atomic mass is 19.3. The lowest BCUT2D eigenvalue weighted by Crippen LogP contribution is -1.96. The van der Waals surface area contributed by atoms with Crippen molar-refractivity contribution in [2.45, 2.75) is 13.3 Å². The summed E-state index contributed by atoms with van der Waals surface area (Å²) in [4.78, 5) is 0. The van der Waals surface area contributed by atoms with Crippen molar-refractivity contribution >= 4 is 0 Å². The third-order valence-electron chi connectivity index (χ3n) is 1.59. The molecule has 0 fully saturated rings. The Bertz CT molecular complexity index is 293. The molecule has 0 amide bonds. The van der Waals surface area contributed by atoms with E-state index in [1.54, 1.807) is 0 Å². The molecular formula is C8H6F4. The first-order valence-corrected chi connectivity index (χ1v) is 3.26. The summed E-state index contributed by atoms with van der Waals surface area (Å²) in [5.41, 5.74) is -1.12. The first-order valence-electron chi connectivity index (χ1n) is 3.26. The molecule has 0 atom stereocenters. The monoisotopic (exact) mass is 178 g/mol. The molecule has 1 aromatic carbocycles. The molecule has 0 unspecified atom stereocenters. The fraction of sp³-hybridized carbons (Fsp3) is 0.250. The molecule has 0 bridgehead atoms. The first kappa shape index (κ1) is 9.03. The van der Waals surface area contributed by atoms with Crippen LogP contribution >= 0.6 is 0 Å². The summed E-state index contributed by atoms with van der Waals surface area (Å²) in [6.07, 6.45) is -2.90. The lowest BCUT2D eigenvalue weighted by molar-refractivity contribution is 0.146. The van der Waals surface area contributed by atoms with E-state index in [1.165, 1.54) is 0 Å². The summed E-state index contributed by atoms with van der Waals surface area (Å²) >= 11 is 0. The van der Waals surface area contributed by atoms with Crippen LogP contribution in [0.1, 0.15) is 17.6 Å². The standard InChI is InChI=1S/C8H6F4/c1-4-6(9)3-2-5(7(4)10)8(11)12/h2-3,8H,1H3. The van der Waals surface area contributed by atoms with Crippen LogP contribution in [-0.4, -0.2) is 0 Å². The van der Waals surface area contributed by atoms with Gasteiger partial charge in [-0.1, -0.05) is 0 Å². The zero-order valence-corrected chi connectivity index (χ0v) is 6.24. The molecule has 0 nitrogen and oxygen atoms in total. The summed E-state index contributed by atoms with van der Waals surface area (Å²) in [5, 5.41) is 0. The normalized spacial score (nSPS) is 10.8. The molecule has 66 valence electrons. The molecule has 0 aromatic heterocycles. The molecule has 0 spiro atoms. The molecule has 1 rings (SSSR count). The molecule has 12 heavy (non-hydrogen) atoms. The molecule has 0 saturated carbocycles. The fourth-order valence-electron chi connectivity index (χ4n) is 0.851. The van der Waals surface area contributed by atoms with E-state index in [2.05, 4.69) is 0 Å². The molecule has 0 aliphatic rings. The maximum absolute atomic E-state index is 12.8. The van der Waals surface area contributed by atoms with Crippen LogP contribution in [0.25, 0.3) is 0 Å². The highest BCUT2D eigenvalue weighted by molar-refractivity contribution is 5.27. The number of hydrogen-bond acceptors (Lipinski definition) is 0. The average Bonchev–Trinajstić information content (AvgIpc) is 2.00. The van der Waals surface area contributed by atoms with Gasteiger partial charge in [0.15, 0.2) is 0 Å². The van der Waals surface area contributed by atoms with Gasteiger partial charge in [-0.15, -0.1) is 0 Å². The van der Waals surface area contributed by atoms with Gasteiger partial charge in [0.25, 0.3) is 6.43 Å². The molecule has 1 aromatic rings. The Kier molecular flexibility index (Phi) is 2.35. The van der Waals surface area contributed by atoms with Gasteiger partial charge in [-0.3, -0.25) is 0 Å². The largest absolute Gasteiger partial charge is 0.266 e. The van der Waals surface area contributed by atoms with Crippen molar-refractivity contribution in [1.29, 1.82) is 0 Å². The zero-order valence-electron chi connectivity index (χ0n) is 6.24. The van der Waals surface area contributed by atoms with Crippen molar-refractivity contribution in [2.24, 2.45) is 0 Å². The molecule has 0 saturated heterocycles. The second kappa shape index (κ2) is 3.13. The highest BCUT2D eigenvalue weighted by Gasteiger charge is 2.16. The Hall–Kier alpha value is -1.06. The number of rotatable bonds is 1. The summed E-state index contributed by atoms with van der Waals surface area (Å²) in [6, 6.07) is 1.59. The molecule has 0 N–H and O–H groups in total. The third kappa shape index (κ3) is 1.42. The number of benzene rings is 1. The maximum atomic E-state index is 12.8. The quantitative estimate of drug-likeness (QED) is 0.579. The summed E-state index contributed by atoms with van der Waals surface area (Å²) in [7, 11) is 0. The Morgan fingerprint density at radius 3 is 2.25 bits per heavy atom. The van der Waals surface area contributed by atoms with E-state index in [1.807, 2.05) is 0 Å². The van der Waals surface area contributed by atoms with Crippen molar-refractivity contribution < 1.29 is 17.6 Å². The predicted octanol–water partition coefficient (Wildman–Crippen LogP) is 3.21. The van der Waals surface area contributed by atoms with Gasteiger partial charge >= 0.3 is 0 Å². The second-order valence-corrected chi connectivity index (χ2v) is 2.38. The smallest absolute Gasteiger partial charge is 0.207 e. The Balaban J connectivity index is 3.27. The SMILES string of the molecule is Cc1c(F)ccc(C(F)F)c1F. The molecule has 0 aliphatic carbocycles. The lowest BCUT2D eigenvalue weighted by Gasteiger charge is -2.04. The van der Waals surface area contributed by atoms with Crippen molar-refractivity contribution in [3.05, 3.63) is 34.9 Å². The van der Waals surface area contributed by atoms with Crippen LogP contribution in [-0.2, 0) is 0 Å². The van der Waals surface area contributed by atoms with E-state index in [0.29, 0.717) is 0 Å². The lowest BCUT2D eigenvalue weighted by atomic mass is 10.1. The van der Waals surface area contributed by atoms with Gasteiger partial charge in [0, 0.05) is 5.56 Å². The molecule has 0 aliphatic heterocycles. The summed E-state index contributed by atoms with van der Waals surface area (Å²) < 4.78 is 49.3. The van der Waals surface area contributed by atoms with Gasteiger partial charge in [-0.25, -0.2) is 17.6 Å². The second-order valence-electron chi connectivity index (χ2n) is 2.38. The first-order chi connectivity index (χ1) is 5.54. The zero-order chi connectivity index (χ0) is 9.30. The van der Waals surface area contributed by atoms with Gasteiger partial charge in [-0.05, 0) is 19.1 Å². The van der Waals surface area contributed by atoms with Crippen molar-refractivity contribution in [3.63, 3.8) is 0 Å². The van der Waals surface area contributed by atoms with Crippen LogP contribution in [0, 0.1) is 18.6 Å². The maximum Gasteiger partial charge on any atom is 0.266 e. The van der Waals surface area contributed by atoms with Crippen LogP contribution in [0.4, 0.5) is 17.6 Å². The van der Waals surface area contributed by atoms with Crippen LogP contribution < -0.4 is 0 Å². The van der Waals surface area contributed by atoms with Gasteiger partial charge in [0.2, 0.25) is 0 Å². The van der Waals surface area contributed by atoms with Crippen molar-refractivity contribution in [3.8, 4) is 0 Å². The van der Waals surface area contributed by atoms with Gasteiger partial charge < -0.3 is 0 Å². The minimum Gasteiger partial charge on any atom is -0.207 e. The third-order valence-corrected chi connectivity index (χ3v) is 1.59. The van der Waals surface area contributed by atoms with Crippen molar-refractivity contribution in [1.82, 2.24) is 0 Å². The fourth-order valence-corrected chi connectivity index (χ4v) is 0.851. The minimum atomic E-state index is -2.90. The van der Waals surface area contributed by atoms with E-state index < -0.39 is 23.6 Å². The molecule has 0 radical (unpaired) electrons. The van der Waals surface area contributed by atoms with Gasteiger partial charge in [-0.2, -0.15) is 0 Å². The van der Waals surface area contributed by atoms with Crippen LogP contribution in [0.15, 0.2) is 12.1 Å². The number of alkyl halides is 2. The van der Waals surface area contributed by atoms with Gasteiger partial charge in [0.05, 0.1) is 5.56 Å². The summed E-state index contributed by atoms with van der Waals surface area (Å²) in [5.74, 6) is -1.97. The number of hydrogen-bond donors (Lipinski definition) is 0. The van der Waals surface area contributed by atoms with Crippen LogP contribution in [0.3, 0.4) is 0 Å². The predicted molar refractivity (Wildman–Crippen MR) is 36.1 cm³/mol. The minimum absolute atomic E-state index is 0.368. The average molecular weight is 178 g/mol. The van der Waals surface area contributed by atoms with Crippen molar-refractivity contribution in [2.75, 3.05) is 0 Å².